The van der Waals surface area contributed by atoms with Crippen LogP contribution in [0.25, 0.3) is 0 Å². The molecule has 3 rings (SSSR count). The Labute approximate surface area is 173 Å². The Hall–Kier alpha value is -2.56. The van der Waals surface area contributed by atoms with Crippen LogP contribution in [0.5, 0.6) is 5.75 Å². The van der Waals surface area contributed by atoms with E-state index < -0.39 is 26.6 Å². The fourth-order valence-electron chi connectivity index (χ4n) is 2.91. The molecule has 162 valence electrons. The van der Waals surface area contributed by atoms with Crippen molar-refractivity contribution in [2.24, 2.45) is 0 Å². The third-order valence-corrected chi connectivity index (χ3v) is 6.54. The van der Waals surface area contributed by atoms with E-state index in [1.165, 1.54) is 42.3 Å². The highest BCUT2D eigenvalue weighted by atomic mass is 32.2. The first kappa shape index (κ1) is 22.1. The maximum atomic E-state index is 14.3. The topological polar surface area (TPSA) is 76.2 Å². The number of ether oxygens (including phenoxy) is 2. The van der Waals surface area contributed by atoms with Gasteiger partial charge in [0.15, 0.2) is 0 Å². The van der Waals surface area contributed by atoms with E-state index in [4.69, 9.17) is 9.47 Å². The molecule has 1 aliphatic rings. The van der Waals surface area contributed by atoms with Gasteiger partial charge in [-0.05, 0) is 42.5 Å². The highest BCUT2D eigenvalue weighted by Crippen LogP contribution is 2.22. The number of carbonyl (C=O) groups excluding carboxylic acids is 1. The van der Waals surface area contributed by atoms with Crippen molar-refractivity contribution in [2.45, 2.75) is 4.90 Å². The lowest BCUT2D eigenvalue weighted by Crippen LogP contribution is -2.41. The van der Waals surface area contributed by atoms with Gasteiger partial charge in [0.25, 0.3) is 5.91 Å². The Morgan fingerprint density at radius 3 is 2.47 bits per heavy atom. The molecule has 1 heterocycles. The minimum absolute atomic E-state index is 0.0486. The first-order chi connectivity index (χ1) is 14.3. The minimum Gasteiger partial charge on any atom is -0.492 e. The highest BCUT2D eigenvalue weighted by Gasteiger charge is 2.30. The lowest BCUT2D eigenvalue weighted by atomic mass is 10.2. The van der Waals surface area contributed by atoms with Gasteiger partial charge in [-0.25, -0.2) is 17.2 Å². The summed E-state index contributed by atoms with van der Waals surface area (Å²) in [5.41, 5.74) is 0.0486. The predicted octanol–water partition coefficient (Wildman–Crippen LogP) is 2.14. The van der Waals surface area contributed by atoms with Gasteiger partial charge in [0.1, 0.15) is 28.9 Å². The van der Waals surface area contributed by atoms with Crippen LogP contribution in [0.15, 0.2) is 47.4 Å². The number of carbonyl (C=O) groups is 1. The molecule has 0 spiro atoms. The van der Waals surface area contributed by atoms with Crippen LogP contribution in [-0.4, -0.2) is 70.0 Å². The molecule has 0 atom stereocenters. The van der Waals surface area contributed by atoms with E-state index in [0.717, 1.165) is 16.4 Å². The van der Waals surface area contributed by atoms with Crippen molar-refractivity contribution >= 4 is 15.9 Å². The molecule has 7 nitrogen and oxygen atoms in total. The number of hydrogen-bond donors (Lipinski definition) is 0. The molecule has 30 heavy (non-hydrogen) atoms. The Morgan fingerprint density at radius 1 is 1.13 bits per heavy atom. The number of benzene rings is 2. The average molecular weight is 440 g/mol. The zero-order valence-electron chi connectivity index (χ0n) is 16.4. The van der Waals surface area contributed by atoms with Crippen LogP contribution < -0.4 is 4.74 Å². The molecule has 0 radical (unpaired) electrons. The van der Waals surface area contributed by atoms with Gasteiger partial charge in [-0.2, -0.15) is 4.31 Å². The molecule has 1 saturated heterocycles. The Morgan fingerprint density at radius 2 is 1.80 bits per heavy atom. The molecule has 1 aliphatic heterocycles. The van der Waals surface area contributed by atoms with Crippen molar-refractivity contribution < 1.29 is 31.5 Å². The number of rotatable bonds is 7. The van der Waals surface area contributed by atoms with Crippen LogP contribution in [-0.2, 0) is 14.8 Å². The maximum absolute atomic E-state index is 14.3. The second-order valence-corrected chi connectivity index (χ2v) is 8.60. The molecule has 1 amide bonds. The zero-order valence-corrected chi connectivity index (χ0v) is 17.2. The molecule has 2 aromatic rings. The first-order valence-electron chi connectivity index (χ1n) is 9.30. The minimum atomic E-state index is -4.08. The molecular weight excluding hydrogens is 418 g/mol. The van der Waals surface area contributed by atoms with Crippen molar-refractivity contribution in [2.75, 3.05) is 46.5 Å². The summed E-state index contributed by atoms with van der Waals surface area (Å²) >= 11 is 0. The molecule has 10 heteroatoms. The lowest BCUT2D eigenvalue weighted by molar-refractivity contribution is 0.0729. The van der Waals surface area contributed by atoms with E-state index in [1.807, 2.05) is 0 Å². The van der Waals surface area contributed by atoms with Crippen LogP contribution in [0.1, 0.15) is 10.4 Å². The van der Waals surface area contributed by atoms with E-state index in [9.17, 15) is 22.0 Å². The number of halogens is 2. The van der Waals surface area contributed by atoms with Gasteiger partial charge in [-0.1, -0.05) is 0 Å². The van der Waals surface area contributed by atoms with Gasteiger partial charge >= 0.3 is 0 Å². The Kier molecular flexibility index (Phi) is 7.01. The van der Waals surface area contributed by atoms with Crippen molar-refractivity contribution in [3.63, 3.8) is 0 Å². The third kappa shape index (κ3) is 5.13. The largest absolute Gasteiger partial charge is 0.492 e. The number of likely N-dealkylation sites (N-methyl/N-ethyl adjacent to an activating group) is 1. The number of sulfonamides is 1. The molecule has 0 N–H and O–H groups in total. The monoisotopic (exact) mass is 440 g/mol. The molecular formula is C20H22F2N2O5S. The molecule has 1 fully saturated rings. The van der Waals surface area contributed by atoms with E-state index in [-0.39, 0.29) is 50.8 Å². The summed E-state index contributed by atoms with van der Waals surface area (Å²) in [5.74, 6) is -1.32. The quantitative estimate of drug-likeness (QED) is 0.660. The fourth-order valence-corrected chi connectivity index (χ4v) is 4.41. The second kappa shape index (κ2) is 9.50. The second-order valence-electron chi connectivity index (χ2n) is 6.69. The van der Waals surface area contributed by atoms with E-state index in [2.05, 4.69) is 0 Å². The summed E-state index contributed by atoms with van der Waals surface area (Å²) in [6, 6.07) is 8.74. The summed E-state index contributed by atoms with van der Waals surface area (Å²) in [6.45, 7) is 1.06. The van der Waals surface area contributed by atoms with Crippen LogP contribution in [0, 0.1) is 11.6 Å². The van der Waals surface area contributed by atoms with E-state index >= 15 is 0 Å². The number of amides is 1. The van der Waals surface area contributed by atoms with Gasteiger partial charge in [0.05, 0.1) is 19.8 Å². The lowest BCUT2D eigenvalue weighted by Gasteiger charge is -2.26. The summed E-state index contributed by atoms with van der Waals surface area (Å²) in [6.07, 6.45) is 0. The zero-order chi connectivity index (χ0) is 21.7. The van der Waals surface area contributed by atoms with Gasteiger partial charge in [-0.3, -0.25) is 4.79 Å². The van der Waals surface area contributed by atoms with Crippen LogP contribution in [0.3, 0.4) is 0 Å². The highest BCUT2D eigenvalue weighted by molar-refractivity contribution is 7.89. The smallest absolute Gasteiger partial charge is 0.253 e. The van der Waals surface area contributed by atoms with Crippen molar-refractivity contribution in [3.8, 4) is 5.75 Å². The molecule has 0 unspecified atom stereocenters. The van der Waals surface area contributed by atoms with E-state index in [0.29, 0.717) is 5.75 Å². The average Bonchev–Trinajstić information content (AvgIpc) is 2.75. The maximum Gasteiger partial charge on any atom is 0.253 e. The molecule has 0 aliphatic carbocycles. The predicted molar refractivity (Wildman–Crippen MR) is 105 cm³/mol. The molecule has 0 aromatic heterocycles. The SMILES string of the molecule is CN(CCOc1ccc(F)cc1)C(=O)c1ccc(F)c(S(=O)(=O)N2CCOCC2)c1. The fraction of sp³-hybridized carbons (Fsp3) is 0.350. The molecule has 0 saturated carbocycles. The van der Waals surface area contributed by atoms with Crippen molar-refractivity contribution in [1.82, 2.24) is 9.21 Å². The van der Waals surface area contributed by atoms with Crippen LogP contribution in [0.4, 0.5) is 8.78 Å². The van der Waals surface area contributed by atoms with Gasteiger partial charge in [0.2, 0.25) is 10.0 Å². The Bertz CT molecular complexity index is 993. The summed E-state index contributed by atoms with van der Waals surface area (Å²) in [4.78, 5) is 13.5. The number of hydrogen-bond acceptors (Lipinski definition) is 5. The summed E-state index contributed by atoms with van der Waals surface area (Å²) < 4.78 is 64.5. The first-order valence-corrected chi connectivity index (χ1v) is 10.7. The van der Waals surface area contributed by atoms with Crippen molar-refractivity contribution in [1.29, 1.82) is 0 Å². The number of nitrogens with zero attached hydrogens (tertiary/aromatic N) is 2. The number of morpholine rings is 1. The van der Waals surface area contributed by atoms with Crippen molar-refractivity contribution in [3.05, 3.63) is 59.7 Å². The molecule has 0 bridgehead atoms. The van der Waals surface area contributed by atoms with Gasteiger partial charge < -0.3 is 14.4 Å². The molecule has 2 aromatic carbocycles. The standard InChI is InChI=1S/C20H22F2N2O5S/c1-23(8-13-29-17-5-3-16(21)4-6-17)20(25)15-2-7-18(22)19(14-15)30(26,27)24-9-11-28-12-10-24/h2-7,14H,8-13H2,1H3. The van der Waals surface area contributed by atoms with Crippen LogP contribution in [0.2, 0.25) is 0 Å². The normalized spacial score (nSPS) is 15.0. The third-order valence-electron chi connectivity index (χ3n) is 4.62. The Balaban J connectivity index is 1.68. The summed E-state index contributed by atoms with van der Waals surface area (Å²) in [7, 11) is -2.55. The van der Waals surface area contributed by atoms with E-state index in [1.54, 1.807) is 0 Å². The van der Waals surface area contributed by atoms with Gasteiger partial charge in [-0.15, -0.1) is 0 Å². The summed E-state index contributed by atoms with van der Waals surface area (Å²) in [5, 5.41) is 0. The van der Waals surface area contributed by atoms with Gasteiger partial charge in [0, 0.05) is 25.7 Å². The van der Waals surface area contributed by atoms with Crippen LogP contribution >= 0.6 is 0 Å².